The Labute approximate surface area is 60.1 Å². The SMILES string of the molecule is CSC/C=C/CSC. The average Bonchev–Trinajstić information content (AvgIpc) is 1.81. The number of rotatable bonds is 4. The lowest BCUT2D eigenvalue weighted by molar-refractivity contribution is 1.67. The molecule has 0 amide bonds. The molecule has 0 spiro atoms. The first-order valence-electron chi connectivity index (χ1n) is 2.54. The highest BCUT2D eigenvalue weighted by Crippen LogP contribution is 1.94. The largest absolute Gasteiger partial charge is 0.161 e. The van der Waals surface area contributed by atoms with Crippen molar-refractivity contribution in [3.05, 3.63) is 12.2 Å². The molecule has 0 saturated heterocycles. The van der Waals surface area contributed by atoms with Crippen molar-refractivity contribution in [1.29, 1.82) is 0 Å². The van der Waals surface area contributed by atoms with Crippen LogP contribution in [0.4, 0.5) is 0 Å². The molecule has 0 unspecified atom stereocenters. The van der Waals surface area contributed by atoms with Crippen LogP contribution >= 0.6 is 23.5 Å². The third-order valence-electron chi connectivity index (χ3n) is 0.692. The minimum absolute atomic E-state index is 1.15. The van der Waals surface area contributed by atoms with E-state index in [0.717, 1.165) is 11.5 Å². The zero-order valence-corrected chi connectivity index (χ0v) is 7.02. The Kier molecular flexibility index (Phi) is 7.85. The van der Waals surface area contributed by atoms with E-state index in [-0.39, 0.29) is 0 Å². The van der Waals surface area contributed by atoms with E-state index in [1.165, 1.54) is 0 Å². The van der Waals surface area contributed by atoms with E-state index < -0.39 is 0 Å². The van der Waals surface area contributed by atoms with Crippen LogP contribution in [0.5, 0.6) is 0 Å². The van der Waals surface area contributed by atoms with Crippen molar-refractivity contribution in [3.63, 3.8) is 0 Å². The lowest BCUT2D eigenvalue weighted by atomic mass is 10.6. The summed E-state index contributed by atoms with van der Waals surface area (Å²) in [5.74, 6) is 2.31. The molecule has 0 aliphatic heterocycles. The predicted octanol–water partition coefficient (Wildman–Crippen LogP) is 2.27. The molecule has 0 aromatic carbocycles. The molecule has 2 heteroatoms. The van der Waals surface area contributed by atoms with Crippen molar-refractivity contribution in [2.75, 3.05) is 24.0 Å². The van der Waals surface area contributed by atoms with E-state index in [2.05, 4.69) is 24.7 Å². The fourth-order valence-corrected chi connectivity index (χ4v) is 0.986. The van der Waals surface area contributed by atoms with Gasteiger partial charge >= 0.3 is 0 Å². The smallest absolute Gasteiger partial charge is 0.0110 e. The van der Waals surface area contributed by atoms with Gasteiger partial charge in [-0.2, -0.15) is 23.5 Å². The molecule has 0 nitrogen and oxygen atoms in total. The molecule has 0 aromatic heterocycles. The van der Waals surface area contributed by atoms with Gasteiger partial charge in [-0.25, -0.2) is 0 Å². The molecule has 0 atom stereocenters. The first kappa shape index (κ1) is 8.44. The standard InChI is InChI=1S/C6H12S2/c1-7-5-3-4-6-8-2/h3-4H,5-6H2,1-2H3/b4-3+. The Bertz CT molecular complexity index is 51.5. The highest BCUT2D eigenvalue weighted by Gasteiger charge is 1.71. The minimum Gasteiger partial charge on any atom is -0.161 e. The summed E-state index contributed by atoms with van der Waals surface area (Å²) in [4.78, 5) is 0. The fraction of sp³-hybridized carbons (Fsp3) is 0.667. The third-order valence-corrected chi connectivity index (χ3v) is 1.74. The van der Waals surface area contributed by atoms with Crippen molar-refractivity contribution in [2.24, 2.45) is 0 Å². The normalized spacial score (nSPS) is 10.8. The second-order valence-electron chi connectivity index (χ2n) is 1.38. The summed E-state index contributed by atoms with van der Waals surface area (Å²) in [7, 11) is 0. The molecule has 0 saturated carbocycles. The van der Waals surface area contributed by atoms with E-state index in [1.807, 2.05) is 23.5 Å². The highest BCUT2D eigenvalue weighted by atomic mass is 32.2. The fourth-order valence-electron chi connectivity index (χ4n) is 0.329. The van der Waals surface area contributed by atoms with Crippen LogP contribution in [-0.4, -0.2) is 24.0 Å². The maximum atomic E-state index is 2.21. The molecule has 0 N–H and O–H groups in total. The van der Waals surface area contributed by atoms with Gasteiger partial charge in [-0.1, -0.05) is 12.2 Å². The van der Waals surface area contributed by atoms with Gasteiger partial charge in [-0.05, 0) is 12.5 Å². The van der Waals surface area contributed by atoms with Gasteiger partial charge in [-0.3, -0.25) is 0 Å². The van der Waals surface area contributed by atoms with Crippen LogP contribution in [0.15, 0.2) is 12.2 Å². The third kappa shape index (κ3) is 6.44. The lowest BCUT2D eigenvalue weighted by Crippen LogP contribution is -1.69. The molecule has 0 radical (unpaired) electrons. The molecule has 8 heavy (non-hydrogen) atoms. The summed E-state index contributed by atoms with van der Waals surface area (Å²) >= 11 is 3.71. The summed E-state index contributed by atoms with van der Waals surface area (Å²) in [6, 6.07) is 0. The van der Waals surface area contributed by atoms with E-state index in [4.69, 9.17) is 0 Å². The monoisotopic (exact) mass is 148 g/mol. The molecule has 0 fully saturated rings. The predicted molar refractivity (Wildman–Crippen MR) is 45.9 cm³/mol. The Morgan fingerprint density at radius 2 is 1.38 bits per heavy atom. The van der Waals surface area contributed by atoms with Crippen LogP contribution in [0.2, 0.25) is 0 Å². The summed E-state index contributed by atoms with van der Waals surface area (Å²) in [6.45, 7) is 0. The van der Waals surface area contributed by atoms with Crippen LogP contribution in [0, 0.1) is 0 Å². The summed E-state index contributed by atoms with van der Waals surface area (Å²) in [6.07, 6.45) is 8.65. The molecule has 0 heterocycles. The molecule has 0 aliphatic carbocycles. The molecule has 0 aromatic rings. The maximum absolute atomic E-state index is 2.21. The zero-order chi connectivity index (χ0) is 6.24. The molecule has 0 bridgehead atoms. The molecule has 0 aliphatic rings. The minimum atomic E-state index is 1.15. The van der Waals surface area contributed by atoms with Crippen molar-refractivity contribution in [1.82, 2.24) is 0 Å². The molecular formula is C6H12S2. The summed E-state index contributed by atoms with van der Waals surface area (Å²) < 4.78 is 0. The summed E-state index contributed by atoms with van der Waals surface area (Å²) in [5.41, 5.74) is 0. The first-order chi connectivity index (χ1) is 3.91. The van der Waals surface area contributed by atoms with Crippen LogP contribution in [0.3, 0.4) is 0 Å². The topological polar surface area (TPSA) is 0 Å². The van der Waals surface area contributed by atoms with Crippen molar-refractivity contribution < 1.29 is 0 Å². The second kappa shape index (κ2) is 7.44. The van der Waals surface area contributed by atoms with Crippen LogP contribution in [0.25, 0.3) is 0 Å². The van der Waals surface area contributed by atoms with Gasteiger partial charge in [-0.15, -0.1) is 0 Å². The molecule has 48 valence electrons. The van der Waals surface area contributed by atoms with Gasteiger partial charge < -0.3 is 0 Å². The van der Waals surface area contributed by atoms with Gasteiger partial charge in [0, 0.05) is 11.5 Å². The average molecular weight is 148 g/mol. The Morgan fingerprint density at radius 1 is 1.00 bits per heavy atom. The van der Waals surface area contributed by atoms with Crippen molar-refractivity contribution in [2.45, 2.75) is 0 Å². The number of hydrogen-bond acceptors (Lipinski definition) is 2. The quantitative estimate of drug-likeness (QED) is 0.561. The maximum Gasteiger partial charge on any atom is 0.0110 e. The van der Waals surface area contributed by atoms with Gasteiger partial charge in [0.05, 0.1) is 0 Å². The van der Waals surface area contributed by atoms with Crippen LogP contribution in [-0.2, 0) is 0 Å². The molecule has 0 rings (SSSR count). The lowest BCUT2D eigenvalue weighted by Gasteiger charge is -1.83. The van der Waals surface area contributed by atoms with Crippen LogP contribution in [0.1, 0.15) is 0 Å². The summed E-state index contributed by atoms with van der Waals surface area (Å²) in [5, 5.41) is 0. The van der Waals surface area contributed by atoms with Crippen molar-refractivity contribution in [3.8, 4) is 0 Å². The first-order valence-corrected chi connectivity index (χ1v) is 5.33. The van der Waals surface area contributed by atoms with Gasteiger partial charge in [0.25, 0.3) is 0 Å². The van der Waals surface area contributed by atoms with Gasteiger partial charge in [0.15, 0.2) is 0 Å². The zero-order valence-electron chi connectivity index (χ0n) is 5.39. The second-order valence-corrected chi connectivity index (χ2v) is 3.20. The highest BCUT2D eigenvalue weighted by molar-refractivity contribution is 7.99. The number of hydrogen-bond donors (Lipinski definition) is 0. The van der Waals surface area contributed by atoms with E-state index in [9.17, 15) is 0 Å². The van der Waals surface area contributed by atoms with E-state index in [0.29, 0.717) is 0 Å². The van der Waals surface area contributed by atoms with E-state index >= 15 is 0 Å². The number of thioether (sulfide) groups is 2. The van der Waals surface area contributed by atoms with Gasteiger partial charge in [0.2, 0.25) is 0 Å². The van der Waals surface area contributed by atoms with Gasteiger partial charge in [0.1, 0.15) is 0 Å². The van der Waals surface area contributed by atoms with Crippen LogP contribution < -0.4 is 0 Å². The van der Waals surface area contributed by atoms with E-state index in [1.54, 1.807) is 0 Å². The van der Waals surface area contributed by atoms with Crippen molar-refractivity contribution >= 4 is 23.5 Å². The Balaban J connectivity index is 2.83. The Morgan fingerprint density at radius 3 is 1.62 bits per heavy atom. The Hall–Kier alpha value is 0.440. The molecular weight excluding hydrogens is 136 g/mol.